The maximum absolute atomic E-state index is 12.6. The molecule has 0 saturated carbocycles. The number of aryl methyl sites for hydroxylation is 1. The molecular formula is C24H33N7O4. The van der Waals surface area contributed by atoms with Gasteiger partial charge in [0.1, 0.15) is 18.4 Å². The van der Waals surface area contributed by atoms with E-state index >= 15 is 0 Å². The summed E-state index contributed by atoms with van der Waals surface area (Å²) in [6.45, 7) is 2.60. The van der Waals surface area contributed by atoms with Gasteiger partial charge >= 0.3 is 0 Å². The van der Waals surface area contributed by atoms with Gasteiger partial charge in [-0.05, 0) is 12.0 Å². The summed E-state index contributed by atoms with van der Waals surface area (Å²) in [5.74, 6) is 0.446. The number of methoxy groups -OCH3 is 1. The molecule has 1 aromatic carbocycles. The number of anilines is 1. The first-order valence-electron chi connectivity index (χ1n) is 11.5. The van der Waals surface area contributed by atoms with Crippen LogP contribution < -0.4 is 10.2 Å². The van der Waals surface area contributed by atoms with Crippen LogP contribution in [0.2, 0.25) is 0 Å². The van der Waals surface area contributed by atoms with E-state index in [1.54, 1.807) is 11.8 Å². The number of amides is 1. The van der Waals surface area contributed by atoms with E-state index < -0.39 is 11.9 Å². The Labute approximate surface area is 205 Å². The molecule has 35 heavy (non-hydrogen) atoms. The van der Waals surface area contributed by atoms with Crippen LogP contribution in [0.5, 0.6) is 0 Å². The third-order valence-corrected chi connectivity index (χ3v) is 5.26. The summed E-state index contributed by atoms with van der Waals surface area (Å²) in [4.78, 5) is 30.3. The SMILES string of the molecule is COCCOCCc1cc(N(C)C)n(CCC(C=O)NC(=O)c2ncn(Cc3ccccc3)n2)n1. The molecule has 0 spiro atoms. The van der Waals surface area contributed by atoms with Crippen LogP contribution in [0.1, 0.15) is 28.3 Å². The van der Waals surface area contributed by atoms with Crippen LogP contribution in [-0.2, 0) is 33.8 Å². The van der Waals surface area contributed by atoms with E-state index in [-0.39, 0.29) is 5.82 Å². The number of benzene rings is 1. The highest BCUT2D eigenvalue weighted by molar-refractivity contribution is 5.92. The molecule has 3 rings (SSSR count). The van der Waals surface area contributed by atoms with Crippen LogP contribution in [0.15, 0.2) is 42.7 Å². The molecule has 0 aliphatic carbocycles. The zero-order valence-corrected chi connectivity index (χ0v) is 20.5. The summed E-state index contributed by atoms with van der Waals surface area (Å²) < 4.78 is 13.9. The minimum absolute atomic E-state index is 0.0246. The van der Waals surface area contributed by atoms with Crippen molar-refractivity contribution in [1.29, 1.82) is 0 Å². The van der Waals surface area contributed by atoms with E-state index in [1.165, 1.54) is 6.33 Å². The van der Waals surface area contributed by atoms with Crippen LogP contribution in [-0.4, -0.2) is 83.8 Å². The number of hydrogen-bond acceptors (Lipinski definition) is 8. The Morgan fingerprint density at radius 1 is 1.17 bits per heavy atom. The Kier molecular flexibility index (Phi) is 9.93. The molecule has 1 atom stereocenters. The quantitative estimate of drug-likeness (QED) is 0.253. The average molecular weight is 484 g/mol. The van der Waals surface area contributed by atoms with Gasteiger partial charge in [-0.2, -0.15) is 5.10 Å². The van der Waals surface area contributed by atoms with Crippen molar-refractivity contribution in [3.8, 4) is 0 Å². The van der Waals surface area contributed by atoms with Crippen molar-refractivity contribution < 1.29 is 19.1 Å². The fraction of sp³-hybridized carbons (Fsp3) is 0.458. The predicted octanol–water partition coefficient (Wildman–Crippen LogP) is 1.18. The lowest BCUT2D eigenvalue weighted by Crippen LogP contribution is -2.37. The number of nitrogens with one attached hydrogen (secondary N) is 1. The van der Waals surface area contributed by atoms with E-state index in [0.29, 0.717) is 45.8 Å². The summed E-state index contributed by atoms with van der Waals surface area (Å²) in [5, 5.41) is 11.6. The molecule has 0 bridgehead atoms. The fourth-order valence-corrected chi connectivity index (χ4v) is 3.44. The van der Waals surface area contributed by atoms with E-state index in [2.05, 4.69) is 20.5 Å². The third-order valence-electron chi connectivity index (χ3n) is 5.26. The molecule has 2 heterocycles. The van der Waals surface area contributed by atoms with Gasteiger partial charge in [0, 0.05) is 40.2 Å². The van der Waals surface area contributed by atoms with Crippen LogP contribution in [0.3, 0.4) is 0 Å². The lowest BCUT2D eigenvalue weighted by molar-refractivity contribution is -0.109. The summed E-state index contributed by atoms with van der Waals surface area (Å²) in [6.07, 6.45) is 3.28. The third kappa shape index (κ3) is 8.01. The van der Waals surface area contributed by atoms with Crippen molar-refractivity contribution in [3.63, 3.8) is 0 Å². The van der Waals surface area contributed by atoms with Crippen LogP contribution in [0.4, 0.5) is 5.82 Å². The predicted molar refractivity (Wildman–Crippen MR) is 130 cm³/mol. The molecule has 188 valence electrons. The van der Waals surface area contributed by atoms with Crippen molar-refractivity contribution in [1.82, 2.24) is 29.9 Å². The number of aldehydes is 1. The first-order chi connectivity index (χ1) is 17.0. The molecule has 0 aliphatic heterocycles. The highest BCUT2D eigenvalue weighted by Gasteiger charge is 2.18. The Balaban J connectivity index is 1.54. The zero-order chi connectivity index (χ0) is 25.0. The molecule has 2 aromatic heterocycles. The maximum atomic E-state index is 12.6. The Morgan fingerprint density at radius 3 is 2.69 bits per heavy atom. The minimum Gasteiger partial charge on any atom is -0.382 e. The number of hydrogen-bond donors (Lipinski definition) is 1. The highest BCUT2D eigenvalue weighted by Crippen LogP contribution is 2.15. The van der Waals surface area contributed by atoms with Gasteiger partial charge in [0.15, 0.2) is 0 Å². The molecule has 11 nitrogen and oxygen atoms in total. The number of rotatable bonds is 15. The van der Waals surface area contributed by atoms with Gasteiger partial charge in [-0.1, -0.05) is 30.3 Å². The van der Waals surface area contributed by atoms with E-state index in [9.17, 15) is 9.59 Å². The van der Waals surface area contributed by atoms with Gasteiger partial charge in [0.2, 0.25) is 5.82 Å². The lowest BCUT2D eigenvalue weighted by Gasteiger charge is -2.16. The molecule has 11 heteroatoms. The van der Waals surface area contributed by atoms with Gasteiger partial charge in [-0.15, -0.1) is 5.10 Å². The molecule has 3 aromatic rings. The van der Waals surface area contributed by atoms with Crippen LogP contribution in [0, 0.1) is 0 Å². The Morgan fingerprint density at radius 2 is 1.97 bits per heavy atom. The molecule has 0 aliphatic rings. The van der Waals surface area contributed by atoms with Gasteiger partial charge in [0.25, 0.3) is 5.91 Å². The van der Waals surface area contributed by atoms with Crippen molar-refractivity contribution >= 4 is 18.0 Å². The minimum atomic E-state index is -0.691. The topological polar surface area (TPSA) is 116 Å². The van der Waals surface area contributed by atoms with Crippen LogP contribution >= 0.6 is 0 Å². The summed E-state index contributed by atoms with van der Waals surface area (Å²) in [6, 6.07) is 11.1. The summed E-state index contributed by atoms with van der Waals surface area (Å²) in [7, 11) is 5.50. The number of aromatic nitrogens is 5. The largest absolute Gasteiger partial charge is 0.382 e. The molecule has 1 unspecified atom stereocenters. The molecule has 1 N–H and O–H groups in total. The number of nitrogens with zero attached hydrogens (tertiary/aromatic N) is 6. The first-order valence-corrected chi connectivity index (χ1v) is 11.5. The molecule has 0 saturated heterocycles. The summed E-state index contributed by atoms with van der Waals surface area (Å²) in [5.41, 5.74) is 1.94. The number of carbonyl (C=O) groups excluding carboxylic acids is 2. The van der Waals surface area contributed by atoms with Gasteiger partial charge in [-0.25, -0.2) is 14.3 Å². The molecule has 1 amide bonds. The van der Waals surface area contributed by atoms with Crippen molar-refractivity contribution in [2.45, 2.75) is 32.0 Å². The average Bonchev–Trinajstić information content (AvgIpc) is 3.49. The van der Waals surface area contributed by atoms with Crippen molar-refractivity contribution in [3.05, 3.63) is 59.8 Å². The van der Waals surface area contributed by atoms with Crippen LogP contribution in [0.25, 0.3) is 0 Å². The zero-order valence-electron chi connectivity index (χ0n) is 20.5. The molecule has 0 radical (unpaired) electrons. The van der Waals surface area contributed by atoms with E-state index in [1.807, 2.05) is 60.1 Å². The normalized spacial score (nSPS) is 11.9. The standard InChI is InChI=1S/C24H33N7O4/c1-29(2)22-15-20(10-12-35-14-13-34-3)27-31(22)11-9-21(17-32)26-24(33)23-25-18-30(28-23)16-19-7-5-4-6-8-19/h4-8,15,17-18,21H,9-14,16H2,1-3H3,(H,26,33). The van der Waals surface area contributed by atoms with Gasteiger partial charge in [-0.3, -0.25) is 4.79 Å². The van der Waals surface area contributed by atoms with Gasteiger partial charge < -0.3 is 24.5 Å². The Hall–Kier alpha value is -3.57. The van der Waals surface area contributed by atoms with E-state index in [0.717, 1.165) is 23.4 Å². The molecule has 0 fully saturated rings. The van der Waals surface area contributed by atoms with Crippen molar-refractivity contribution in [2.75, 3.05) is 45.9 Å². The Bertz CT molecular complexity index is 1070. The number of ether oxygens (including phenoxy) is 2. The second-order valence-corrected chi connectivity index (χ2v) is 8.22. The van der Waals surface area contributed by atoms with Crippen molar-refractivity contribution in [2.24, 2.45) is 0 Å². The second kappa shape index (κ2) is 13.4. The lowest BCUT2D eigenvalue weighted by atomic mass is 10.2. The smallest absolute Gasteiger partial charge is 0.291 e. The second-order valence-electron chi connectivity index (χ2n) is 8.22. The summed E-state index contributed by atoms with van der Waals surface area (Å²) >= 11 is 0. The maximum Gasteiger partial charge on any atom is 0.291 e. The van der Waals surface area contributed by atoms with E-state index in [4.69, 9.17) is 9.47 Å². The molecular weight excluding hydrogens is 450 g/mol. The monoisotopic (exact) mass is 483 g/mol. The fourth-order valence-electron chi connectivity index (χ4n) is 3.44. The highest BCUT2D eigenvalue weighted by atomic mass is 16.5. The first kappa shape index (κ1) is 26.0. The van der Waals surface area contributed by atoms with Gasteiger partial charge in [0.05, 0.1) is 38.1 Å². The number of carbonyl (C=O) groups is 2.